The molecule has 0 unspecified atom stereocenters. The number of carbonyl (C=O) groups excluding carboxylic acids is 18. The molecule has 2 aromatic carbocycles. The van der Waals surface area contributed by atoms with E-state index in [0.717, 1.165) is 56.3 Å². The molecule has 3 aliphatic heterocycles. The molecule has 0 radical (unpaired) electrons. The van der Waals surface area contributed by atoms with Crippen LogP contribution in [0.4, 0.5) is 14.9 Å². The van der Waals surface area contributed by atoms with Crippen LogP contribution in [0.2, 0.25) is 0 Å². The van der Waals surface area contributed by atoms with Crippen LogP contribution in [-0.4, -0.2) is 348 Å². The van der Waals surface area contributed by atoms with Crippen molar-refractivity contribution < 1.29 is 105 Å². The van der Waals surface area contributed by atoms with Crippen molar-refractivity contribution in [2.24, 2.45) is 11.7 Å². The van der Waals surface area contributed by atoms with Gasteiger partial charge < -0.3 is 100 Å². The summed E-state index contributed by atoms with van der Waals surface area (Å²) in [5, 5.41) is 23.2. The number of ether oxygens (including phenoxy) is 2. The van der Waals surface area contributed by atoms with Crippen LogP contribution in [0.25, 0.3) is 22.3 Å². The van der Waals surface area contributed by atoms with Gasteiger partial charge in [-0.1, -0.05) is 26.8 Å². The van der Waals surface area contributed by atoms with Gasteiger partial charge in [-0.05, 0) is 104 Å². The van der Waals surface area contributed by atoms with Crippen LogP contribution in [0.5, 0.6) is 0 Å². The van der Waals surface area contributed by atoms with Gasteiger partial charge in [0.25, 0.3) is 17.4 Å². The second-order valence-electron chi connectivity index (χ2n) is 32.2. The number of anilines is 1. The van der Waals surface area contributed by atoms with Crippen molar-refractivity contribution in [1.82, 2.24) is 84.3 Å². The SMILES string of the molecule is CC[C@@]1(O)C(=O)OCc2c1cc1n(c2=O)Cc2c-1nc1cc(F)c(C)c3c1c2[C@@H](NC(=O)OCc1ccc(NC(=O)[C@H](CCCCN)NC(=O)[C@@H](NC(=O)CN2C(=O)C=CC2=O)C(C)C)cc1CN(C)C(=O)CN(C)C(=O)CN(C)C(=O)CN(C)C(=O)CN(C)C(=O)CN(C)C(=O)CN(C)C(=O)CN(C)C(=O)CN(C)C(=O)CN(C)C(=O)CN(C)C(C)=O)CC3. The van der Waals surface area contributed by atoms with Crippen LogP contribution in [0.3, 0.4) is 0 Å². The van der Waals surface area contributed by atoms with Gasteiger partial charge in [0.15, 0.2) is 5.60 Å². The highest BCUT2D eigenvalue weighted by atomic mass is 19.1. The molecule has 4 atom stereocenters. The molecule has 4 aliphatic rings. The van der Waals surface area contributed by atoms with Gasteiger partial charge in [0.05, 0.1) is 101 Å². The first kappa shape index (κ1) is 97.3. The molecule has 676 valence electrons. The number of amides is 17. The van der Waals surface area contributed by atoms with Gasteiger partial charge in [0, 0.05) is 131 Å². The molecular formula is C83H110FN19O22. The largest absolute Gasteiger partial charge is 0.458 e. The lowest BCUT2D eigenvalue weighted by Crippen LogP contribution is -2.56. The van der Waals surface area contributed by atoms with Crippen molar-refractivity contribution in [3.63, 3.8) is 0 Å². The van der Waals surface area contributed by atoms with Crippen molar-refractivity contribution in [3.05, 3.63) is 103 Å². The summed E-state index contributed by atoms with van der Waals surface area (Å²) in [6.45, 7) is 1.15. The molecule has 8 rings (SSSR count). The fourth-order valence-electron chi connectivity index (χ4n) is 14.2. The van der Waals surface area contributed by atoms with Gasteiger partial charge >= 0.3 is 12.1 Å². The van der Waals surface area contributed by atoms with Crippen LogP contribution in [0.15, 0.2) is 47.3 Å². The van der Waals surface area contributed by atoms with E-state index >= 15 is 4.39 Å². The van der Waals surface area contributed by atoms with E-state index in [2.05, 4.69) is 21.3 Å². The fourth-order valence-corrected chi connectivity index (χ4v) is 14.2. The minimum atomic E-state index is -2.15. The lowest BCUT2D eigenvalue weighted by atomic mass is 9.81. The third kappa shape index (κ3) is 23.6. The monoisotopic (exact) mass is 1740 g/mol. The number of halogens is 1. The quantitative estimate of drug-likeness (QED) is 0.0137. The number of aryl methyl sites for hydroxylation is 1. The Morgan fingerprint density at radius 1 is 0.616 bits per heavy atom. The molecule has 41 nitrogen and oxygen atoms in total. The second-order valence-corrected chi connectivity index (χ2v) is 32.2. The molecule has 2 aromatic heterocycles. The predicted octanol–water partition coefficient (Wildman–Crippen LogP) is -2.38. The number of nitrogens with one attached hydrogen (secondary N) is 4. The second kappa shape index (κ2) is 41.8. The average molecular weight is 1740 g/mol. The molecule has 42 heteroatoms. The number of nitrogens with two attached hydrogens (primary N) is 1. The van der Waals surface area contributed by atoms with E-state index in [1.807, 2.05) is 0 Å². The Balaban J connectivity index is 0.902. The number of hydrogen-bond donors (Lipinski definition) is 6. The molecule has 0 saturated heterocycles. The molecule has 0 bridgehead atoms. The topological polar surface area (TPSA) is 494 Å². The zero-order valence-electron chi connectivity index (χ0n) is 73.1. The number of carbonyl (C=O) groups is 18. The van der Waals surface area contributed by atoms with E-state index in [1.54, 1.807) is 27.7 Å². The average Bonchev–Trinajstić information content (AvgIpc) is 1.57. The summed E-state index contributed by atoms with van der Waals surface area (Å²) < 4.78 is 28.5. The zero-order valence-corrected chi connectivity index (χ0v) is 73.1. The first-order chi connectivity index (χ1) is 58.7. The number of aromatic nitrogens is 2. The number of unbranched alkanes of at least 4 members (excludes halogenated alkanes) is 1. The Morgan fingerprint density at radius 3 is 1.54 bits per heavy atom. The smallest absolute Gasteiger partial charge is 0.407 e. The van der Waals surface area contributed by atoms with Gasteiger partial charge in [0.1, 0.15) is 37.7 Å². The Bertz CT molecular complexity index is 5070. The van der Waals surface area contributed by atoms with E-state index < -0.39 is 220 Å². The maximum atomic E-state index is 15.8. The molecule has 0 spiro atoms. The van der Waals surface area contributed by atoms with Gasteiger partial charge in [-0.2, -0.15) is 0 Å². The summed E-state index contributed by atoms with van der Waals surface area (Å²) in [6.07, 6.45) is 2.31. The van der Waals surface area contributed by atoms with E-state index in [0.29, 0.717) is 50.9 Å². The van der Waals surface area contributed by atoms with Crippen molar-refractivity contribution in [2.45, 2.75) is 123 Å². The molecule has 7 N–H and O–H groups in total. The molecular weight excluding hydrogens is 1630 g/mol. The maximum absolute atomic E-state index is 15.8. The summed E-state index contributed by atoms with van der Waals surface area (Å²) in [5.41, 5.74) is 6.75. The summed E-state index contributed by atoms with van der Waals surface area (Å²) in [6, 6.07) is 3.93. The summed E-state index contributed by atoms with van der Waals surface area (Å²) in [5.74, 6) is -12.8. The highest BCUT2D eigenvalue weighted by Gasteiger charge is 2.47. The first-order valence-corrected chi connectivity index (χ1v) is 40.3. The number of imide groups is 1. The lowest BCUT2D eigenvalue weighted by molar-refractivity contribution is -0.172. The molecule has 5 heterocycles. The van der Waals surface area contributed by atoms with E-state index in [4.69, 9.17) is 20.2 Å². The Hall–Kier alpha value is -13.1. The van der Waals surface area contributed by atoms with Crippen LogP contribution in [0, 0.1) is 18.7 Å². The summed E-state index contributed by atoms with van der Waals surface area (Å²) in [4.78, 5) is 270. The first-order valence-electron chi connectivity index (χ1n) is 40.3. The van der Waals surface area contributed by atoms with Gasteiger partial charge in [0.2, 0.25) is 82.7 Å². The van der Waals surface area contributed by atoms with E-state index in [9.17, 15) is 96.2 Å². The minimum Gasteiger partial charge on any atom is -0.458 e. The number of benzene rings is 2. The van der Waals surface area contributed by atoms with Crippen LogP contribution < -0.4 is 32.6 Å². The Labute approximate surface area is 720 Å². The number of alkyl carbamates (subject to hydrolysis) is 1. The molecule has 4 aromatic rings. The predicted molar refractivity (Wildman–Crippen MR) is 445 cm³/mol. The van der Waals surface area contributed by atoms with Crippen LogP contribution in [0.1, 0.15) is 110 Å². The van der Waals surface area contributed by atoms with Crippen molar-refractivity contribution in [3.8, 4) is 11.4 Å². The number of fused-ring (bicyclic) bond motifs is 5. The van der Waals surface area contributed by atoms with Gasteiger partial charge in [-0.15, -0.1) is 0 Å². The third-order valence-electron chi connectivity index (χ3n) is 22.5. The van der Waals surface area contributed by atoms with Crippen LogP contribution in [-0.2, 0) is 129 Å². The molecule has 0 fully saturated rings. The Kier molecular flexibility index (Phi) is 32.6. The van der Waals surface area contributed by atoms with E-state index in [1.165, 1.54) is 129 Å². The standard InChI is InChI=1S/C83H110FN19O22/c1-17-83(123)55-29-60-77-53(32-102(60)80(120)54(55)45-124-81(83)121)75-57(24-23-52-47(4)56(84)30-59(87-77)74(52)75)89-82(122)125-44-49-21-22-51(86-78(118)58(20-18-19-27-85)88-79(119)76(46(2)3)90-61(105)33-103-62(106)25-26-63(103)107)28-50(49)31-92(7)65(109)35-94(9)67(111)37-96(11)69(113)39-98(13)71(115)41-100(15)73(117)43-101(16)72(116)42-99(14)70(114)40-97(12)68(112)38-95(10)66(110)36-93(8)64(108)34-91(6)48(5)104/h21-22,25-26,28-30,46,57-58,76,123H,17-20,23-24,27,31-45,85H2,1-16H3,(H,86,118)(H,88,119)(H,89,122)(H,90,105)/t57-,58-,76-,83-/m0/s1. The number of hydrogen-bond acceptors (Lipinski definition) is 24. The fraction of sp³-hybridized carbons (Fsp3) is 0.518. The van der Waals surface area contributed by atoms with Crippen LogP contribution >= 0.6 is 0 Å². The lowest BCUT2D eigenvalue weighted by Gasteiger charge is -2.31. The number of esters is 1. The number of rotatable bonds is 38. The normalized spacial score (nSPS) is 15.0. The van der Waals surface area contributed by atoms with Crippen molar-refractivity contribution in [2.75, 3.05) is 161 Å². The number of likely N-dealkylation sites (N-methyl/N-ethyl adjacent to an activating group) is 11. The molecule has 0 saturated carbocycles. The molecule has 1 aliphatic carbocycles. The highest BCUT2D eigenvalue weighted by molar-refractivity contribution is 6.14. The molecule has 17 amide bonds. The zero-order chi connectivity index (χ0) is 92.8. The highest BCUT2D eigenvalue weighted by Crippen LogP contribution is 2.46. The number of aliphatic hydroxyl groups is 1. The van der Waals surface area contributed by atoms with Gasteiger partial charge in [-0.25, -0.2) is 19.0 Å². The van der Waals surface area contributed by atoms with Crippen molar-refractivity contribution >= 4 is 123 Å². The molecule has 125 heavy (non-hydrogen) atoms. The van der Waals surface area contributed by atoms with Crippen molar-refractivity contribution in [1.29, 1.82) is 0 Å². The Morgan fingerprint density at radius 2 is 1.09 bits per heavy atom. The third-order valence-corrected chi connectivity index (χ3v) is 22.5. The number of nitrogens with zero attached hydrogens (tertiary/aromatic N) is 14. The van der Waals surface area contributed by atoms with Gasteiger partial charge in [-0.3, -0.25) is 86.4 Å². The maximum Gasteiger partial charge on any atom is 0.407 e. The number of pyridine rings is 2. The summed E-state index contributed by atoms with van der Waals surface area (Å²) in [7, 11) is 14.6. The number of cyclic esters (lactones) is 1. The minimum absolute atomic E-state index is 0.0570. The van der Waals surface area contributed by atoms with E-state index in [-0.39, 0.29) is 97.1 Å². The summed E-state index contributed by atoms with van der Waals surface area (Å²) >= 11 is 0.